The molecule has 0 amide bonds. The smallest absolute Gasteiger partial charge is 0.0287 e. The molecule has 0 spiro atoms. The molecule has 0 radical (unpaired) electrons. The summed E-state index contributed by atoms with van der Waals surface area (Å²) >= 11 is 0. The summed E-state index contributed by atoms with van der Waals surface area (Å²) in [6.45, 7) is 39.0. The van der Waals surface area contributed by atoms with Gasteiger partial charge in [-0.25, -0.2) is 0 Å². The van der Waals surface area contributed by atoms with Crippen molar-refractivity contribution in [2.24, 2.45) is 0 Å². The summed E-state index contributed by atoms with van der Waals surface area (Å²) in [6.07, 6.45) is 6.24. The summed E-state index contributed by atoms with van der Waals surface area (Å²) < 4.78 is 0. The summed E-state index contributed by atoms with van der Waals surface area (Å²) in [6, 6.07) is 0. The second-order valence-corrected chi connectivity index (χ2v) is 28.4. The minimum Gasteiger partial charge on any atom is -0.0287 e. The zero-order valence-electron chi connectivity index (χ0n) is 25.8. The Bertz CT molecular complexity index is 322. The van der Waals surface area contributed by atoms with Crippen molar-refractivity contribution in [2.75, 3.05) is 24.6 Å². The first-order valence-electron chi connectivity index (χ1n) is 14.0. The third-order valence-electron chi connectivity index (χ3n) is 7.34. The molecule has 0 unspecified atom stereocenters. The van der Waals surface area contributed by atoms with E-state index in [1.165, 1.54) is 0 Å². The molecule has 0 atom stereocenters. The van der Waals surface area contributed by atoms with Gasteiger partial charge < -0.3 is 0 Å². The van der Waals surface area contributed by atoms with Gasteiger partial charge in [-0.05, 0) is 111 Å². The van der Waals surface area contributed by atoms with Gasteiger partial charge in [-0.15, -0.1) is 0 Å². The number of rotatable bonds is 14. The molecule has 0 heterocycles. The number of hydrogen-bond donors (Lipinski definition) is 0. The van der Waals surface area contributed by atoms with Gasteiger partial charge in [-0.3, -0.25) is 0 Å². The van der Waals surface area contributed by atoms with Crippen LogP contribution in [0.4, 0.5) is 0 Å². The van der Waals surface area contributed by atoms with Gasteiger partial charge in [0.15, 0.2) is 0 Å². The average Bonchev–Trinajstić information content (AvgIpc) is 2.59. The molecule has 33 heavy (non-hydrogen) atoms. The summed E-state index contributed by atoms with van der Waals surface area (Å²) in [7, 11) is -0.458. The van der Waals surface area contributed by atoms with Crippen LogP contribution < -0.4 is 0 Å². The van der Waals surface area contributed by atoms with E-state index >= 15 is 0 Å². The zero-order chi connectivity index (χ0) is 25.8. The van der Waals surface area contributed by atoms with E-state index in [4.69, 9.17) is 0 Å². The Morgan fingerprint density at radius 3 is 0.424 bits per heavy atom. The Morgan fingerprint density at radius 1 is 0.273 bits per heavy atom. The normalized spacial score (nSPS) is 12.7. The first-order valence-corrected chi connectivity index (χ1v) is 21.4. The third-order valence-corrected chi connectivity index (χ3v) is 23.5. The van der Waals surface area contributed by atoms with Crippen molar-refractivity contribution in [3.63, 3.8) is 0 Å². The van der Waals surface area contributed by atoms with Crippen LogP contribution in [-0.2, 0) is 16.5 Å². The van der Waals surface area contributed by atoms with E-state index in [1.807, 2.05) is 0 Å². The van der Waals surface area contributed by atoms with E-state index in [1.54, 1.807) is 24.6 Å². The molecule has 0 aliphatic heterocycles. The Labute approximate surface area is 228 Å². The van der Waals surface area contributed by atoms with Crippen molar-refractivity contribution in [1.82, 2.24) is 0 Å². The first kappa shape index (κ1) is 39.7. The third kappa shape index (κ3) is 18.2. The van der Waals surface area contributed by atoms with Crippen LogP contribution in [0.3, 0.4) is 0 Å². The van der Waals surface area contributed by atoms with Crippen molar-refractivity contribution >= 4 is 31.7 Å². The fourth-order valence-electron chi connectivity index (χ4n) is 5.55. The van der Waals surface area contributed by atoms with Gasteiger partial charge in [0.1, 0.15) is 0 Å². The molecule has 0 bridgehead atoms. The van der Waals surface area contributed by atoms with Crippen molar-refractivity contribution < 1.29 is 16.5 Å². The van der Waals surface area contributed by atoms with Crippen LogP contribution >= 0.6 is 31.7 Å². The molecule has 0 aromatic heterocycles. The topological polar surface area (TPSA) is 0 Å². The van der Waals surface area contributed by atoms with E-state index in [0.29, 0.717) is 0 Å². The van der Waals surface area contributed by atoms with Gasteiger partial charge in [0.25, 0.3) is 0 Å². The molecule has 0 saturated heterocycles. The minimum atomic E-state index is -0.114. The quantitative estimate of drug-likeness (QED) is 0.140. The van der Waals surface area contributed by atoms with Gasteiger partial charge in [0, 0.05) is 48.2 Å². The van der Waals surface area contributed by atoms with Gasteiger partial charge in [-0.2, -0.15) is 0 Å². The van der Waals surface area contributed by atoms with E-state index in [9.17, 15) is 0 Å². The average molecular weight is 587 g/mol. The molecule has 0 aliphatic carbocycles. The summed E-state index contributed by atoms with van der Waals surface area (Å²) in [4.78, 5) is 0. The number of hydrogen-bond acceptors (Lipinski definition) is 0. The predicted octanol–water partition coefficient (Wildman–Crippen LogP) is 10.1. The van der Waals surface area contributed by atoms with Crippen LogP contribution in [-0.4, -0.2) is 69.9 Å². The van der Waals surface area contributed by atoms with E-state index in [-0.39, 0.29) is 48.2 Å². The van der Waals surface area contributed by atoms with Crippen LogP contribution in [0.5, 0.6) is 0 Å². The van der Waals surface area contributed by atoms with Crippen LogP contribution in [0.15, 0.2) is 0 Å². The summed E-state index contributed by atoms with van der Waals surface area (Å²) in [5, 5.41) is 0. The van der Waals surface area contributed by atoms with E-state index in [0.717, 1.165) is 45.3 Å². The van der Waals surface area contributed by atoms with Crippen molar-refractivity contribution in [2.45, 2.75) is 156 Å². The first-order chi connectivity index (χ1) is 14.5. The molecule has 0 N–H and O–H groups in total. The second-order valence-electron chi connectivity index (χ2n) is 12.5. The van der Waals surface area contributed by atoms with Gasteiger partial charge >= 0.3 is 0 Å². The molecule has 206 valence electrons. The molecule has 0 aliphatic rings. The zero-order valence-corrected chi connectivity index (χ0v) is 30.8. The molecule has 0 nitrogen and oxygen atoms in total. The minimum absolute atomic E-state index is 0. The summed E-state index contributed by atoms with van der Waals surface area (Å²) in [5.41, 5.74) is 7.61. The van der Waals surface area contributed by atoms with E-state index < -0.39 is 0 Å². The molecular formula is C28H68NiP4+4. The predicted molar refractivity (Wildman–Crippen MR) is 174 cm³/mol. The Morgan fingerprint density at radius 2 is 0.364 bits per heavy atom. The van der Waals surface area contributed by atoms with Crippen LogP contribution in [0.25, 0.3) is 0 Å². The molecule has 0 rings (SSSR count). The molecular weight excluding hydrogens is 519 g/mol. The molecule has 0 saturated carbocycles. The molecule has 0 aromatic rings. The fraction of sp³-hybridized carbons (Fsp3) is 1.00. The van der Waals surface area contributed by atoms with E-state index in [2.05, 4.69) is 111 Å². The Kier molecular flexibility index (Phi) is 25.5. The van der Waals surface area contributed by atoms with Gasteiger partial charge in [0.2, 0.25) is 0 Å². The molecule has 5 heteroatoms. The van der Waals surface area contributed by atoms with Crippen LogP contribution in [0, 0.1) is 0 Å². The van der Waals surface area contributed by atoms with Crippen molar-refractivity contribution in [3.8, 4) is 0 Å². The fourth-order valence-corrected chi connectivity index (χ4v) is 20.1. The SMILES string of the molecule is CC(C)[PH+](CC[PH+](C(C)C)C(C)C)C(C)C.CC(C)[PH+](CC[PH+](C(C)C)C(C)C)C(C)C.[Ni]. The van der Waals surface area contributed by atoms with Gasteiger partial charge in [-0.1, -0.05) is 0 Å². The Balaban J connectivity index is -0.000000529. The monoisotopic (exact) mass is 586 g/mol. The standard InChI is InChI=1S/2C14H32P2.Ni/c2*1-11(2)15(12(3)4)9-10-16(13(5)6)14(7)8;/h2*11-14H,9-10H2,1-8H3;/p+4. The molecule has 0 fully saturated rings. The summed E-state index contributed by atoms with van der Waals surface area (Å²) in [5.74, 6) is 0. The second kappa shape index (κ2) is 21.2. The van der Waals surface area contributed by atoms with Crippen LogP contribution in [0.2, 0.25) is 0 Å². The maximum Gasteiger partial charge on any atom is 0.0910 e. The Hall–Kier alpha value is 2.21. The van der Waals surface area contributed by atoms with Crippen LogP contribution in [0.1, 0.15) is 111 Å². The van der Waals surface area contributed by atoms with Gasteiger partial charge in [0.05, 0.1) is 69.9 Å². The maximum absolute atomic E-state index is 2.44. The van der Waals surface area contributed by atoms with Crippen molar-refractivity contribution in [3.05, 3.63) is 0 Å². The molecule has 0 aromatic carbocycles. The van der Waals surface area contributed by atoms with Crippen molar-refractivity contribution in [1.29, 1.82) is 0 Å². The maximum atomic E-state index is 2.44. The largest absolute Gasteiger partial charge is 0.0910 e.